The molecule has 0 aromatic heterocycles. The van der Waals surface area contributed by atoms with Crippen molar-refractivity contribution in [3.05, 3.63) is 24.3 Å². The molecule has 1 aromatic rings. The summed E-state index contributed by atoms with van der Waals surface area (Å²) >= 11 is 0. The standard InChI is InChI=1S/C17H27NO2/c1-3-6-14-9-11-17(13-19,12-10-14)18-15-7-4-5-8-16(15)20-2/h4-5,7-8,14,18-19H,3,6,9-13H2,1-2H3. The summed E-state index contributed by atoms with van der Waals surface area (Å²) in [6.07, 6.45) is 7.05. The Morgan fingerprint density at radius 2 is 2.00 bits per heavy atom. The van der Waals surface area contributed by atoms with Crippen LogP contribution in [0.2, 0.25) is 0 Å². The largest absolute Gasteiger partial charge is 0.495 e. The quantitative estimate of drug-likeness (QED) is 0.830. The first-order valence-electron chi connectivity index (χ1n) is 7.75. The summed E-state index contributed by atoms with van der Waals surface area (Å²) in [5, 5.41) is 13.4. The van der Waals surface area contributed by atoms with Crippen molar-refractivity contribution in [3.63, 3.8) is 0 Å². The van der Waals surface area contributed by atoms with E-state index in [1.807, 2.05) is 24.3 Å². The molecule has 2 N–H and O–H groups in total. The zero-order valence-corrected chi connectivity index (χ0v) is 12.7. The third-order valence-electron chi connectivity index (χ3n) is 4.57. The number of nitrogens with one attached hydrogen (secondary N) is 1. The van der Waals surface area contributed by atoms with Crippen molar-refractivity contribution in [3.8, 4) is 5.75 Å². The monoisotopic (exact) mass is 277 g/mol. The lowest BCUT2D eigenvalue weighted by atomic mass is 9.75. The molecule has 0 spiro atoms. The van der Waals surface area contributed by atoms with Crippen LogP contribution in [-0.4, -0.2) is 24.4 Å². The normalized spacial score (nSPS) is 26.2. The number of rotatable bonds is 6. The van der Waals surface area contributed by atoms with Gasteiger partial charge >= 0.3 is 0 Å². The second-order valence-electron chi connectivity index (χ2n) is 6.00. The van der Waals surface area contributed by atoms with Crippen LogP contribution in [0.4, 0.5) is 5.69 Å². The number of aliphatic hydroxyl groups excluding tert-OH is 1. The smallest absolute Gasteiger partial charge is 0.141 e. The van der Waals surface area contributed by atoms with E-state index in [4.69, 9.17) is 4.74 Å². The Hall–Kier alpha value is -1.22. The van der Waals surface area contributed by atoms with Crippen LogP contribution in [0, 0.1) is 5.92 Å². The molecule has 0 radical (unpaired) electrons. The van der Waals surface area contributed by atoms with E-state index in [0.29, 0.717) is 0 Å². The van der Waals surface area contributed by atoms with Crippen molar-refractivity contribution >= 4 is 5.69 Å². The second kappa shape index (κ2) is 6.98. The van der Waals surface area contributed by atoms with Gasteiger partial charge in [-0.3, -0.25) is 0 Å². The minimum atomic E-state index is -0.182. The van der Waals surface area contributed by atoms with Crippen LogP contribution in [0.1, 0.15) is 45.4 Å². The number of hydrogen-bond donors (Lipinski definition) is 2. The minimum absolute atomic E-state index is 0.182. The van der Waals surface area contributed by atoms with Gasteiger partial charge in [0.15, 0.2) is 0 Å². The third kappa shape index (κ3) is 3.45. The highest BCUT2D eigenvalue weighted by Crippen LogP contribution is 2.38. The van der Waals surface area contributed by atoms with Gasteiger partial charge in [-0.2, -0.15) is 0 Å². The van der Waals surface area contributed by atoms with Crippen LogP contribution in [0.3, 0.4) is 0 Å². The molecule has 2 rings (SSSR count). The molecule has 1 aliphatic rings. The molecule has 0 heterocycles. The predicted molar refractivity (Wildman–Crippen MR) is 83.3 cm³/mol. The molecule has 0 aliphatic heterocycles. The van der Waals surface area contributed by atoms with Crippen LogP contribution < -0.4 is 10.1 Å². The van der Waals surface area contributed by atoms with Crippen LogP contribution >= 0.6 is 0 Å². The van der Waals surface area contributed by atoms with E-state index in [2.05, 4.69) is 12.2 Å². The molecule has 0 unspecified atom stereocenters. The van der Waals surface area contributed by atoms with Gasteiger partial charge in [-0.15, -0.1) is 0 Å². The summed E-state index contributed by atoms with van der Waals surface area (Å²) in [5.74, 6) is 1.68. The maximum absolute atomic E-state index is 9.88. The van der Waals surface area contributed by atoms with Crippen molar-refractivity contribution in [2.45, 2.75) is 51.0 Å². The molecule has 0 atom stereocenters. The van der Waals surface area contributed by atoms with Crippen LogP contribution in [0.5, 0.6) is 5.75 Å². The number of benzene rings is 1. The molecule has 112 valence electrons. The summed E-state index contributed by atoms with van der Waals surface area (Å²) in [4.78, 5) is 0. The number of para-hydroxylation sites is 2. The van der Waals surface area contributed by atoms with Crippen LogP contribution in [0.25, 0.3) is 0 Å². The first-order chi connectivity index (χ1) is 9.73. The van der Waals surface area contributed by atoms with E-state index < -0.39 is 0 Å². The van der Waals surface area contributed by atoms with Gasteiger partial charge in [-0.05, 0) is 43.7 Å². The van der Waals surface area contributed by atoms with E-state index in [9.17, 15) is 5.11 Å². The average molecular weight is 277 g/mol. The van der Waals surface area contributed by atoms with Crippen molar-refractivity contribution < 1.29 is 9.84 Å². The third-order valence-corrected chi connectivity index (χ3v) is 4.57. The highest BCUT2D eigenvalue weighted by Gasteiger charge is 2.34. The summed E-state index contributed by atoms with van der Waals surface area (Å²) in [6.45, 7) is 2.44. The molecule has 20 heavy (non-hydrogen) atoms. The number of ether oxygens (including phenoxy) is 1. The number of aliphatic hydroxyl groups is 1. The maximum Gasteiger partial charge on any atom is 0.141 e. The molecule has 0 saturated heterocycles. The highest BCUT2D eigenvalue weighted by atomic mass is 16.5. The van der Waals surface area contributed by atoms with Gasteiger partial charge in [-0.25, -0.2) is 0 Å². The van der Waals surface area contributed by atoms with Crippen LogP contribution in [-0.2, 0) is 0 Å². The van der Waals surface area contributed by atoms with E-state index >= 15 is 0 Å². The molecule has 3 heteroatoms. The predicted octanol–water partition coefficient (Wildman–Crippen LogP) is 3.83. The Kier molecular flexibility index (Phi) is 5.30. The van der Waals surface area contributed by atoms with E-state index in [1.165, 1.54) is 25.7 Å². The Bertz CT molecular complexity index is 411. The van der Waals surface area contributed by atoms with Gasteiger partial charge in [0.25, 0.3) is 0 Å². The fourth-order valence-electron chi connectivity index (χ4n) is 3.28. The Morgan fingerprint density at radius 1 is 1.30 bits per heavy atom. The van der Waals surface area contributed by atoms with Gasteiger partial charge in [0.2, 0.25) is 0 Å². The Balaban J connectivity index is 2.05. The van der Waals surface area contributed by atoms with E-state index in [-0.39, 0.29) is 12.1 Å². The Labute approximate surface area is 122 Å². The molecular formula is C17H27NO2. The Morgan fingerprint density at radius 3 is 2.60 bits per heavy atom. The molecule has 1 saturated carbocycles. The first kappa shape index (κ1) is 15.2. The molecule has 1 aliphatic carbocycles. The fourth-order valence-corrected chi connectivity index (χ4v) is 3.28. The van der Waals surface area contributed by atoms with Crippen molar-refractivity contribution in [2.75, 3.05) is 19.0 Å². The zero-order valence-electron chi connectivity index (χ0n) is 12.7. The van der Waals surface area contributed by atoms with Gasteiger partial charge in [-0.1, -0.05) is 31.9 Å². The second-order valence-corrected chi connectivity index (χ2v) is 6.00. The van der Waals surface area contributed by atoms with Crippen molar-refractivity contribution in [1.29, 1.82) is 0 Å². The molecular weight excluding hydrogens is 250 g/mol. The average Bonchev–Trinajstić information content (AvgIpc) is 2.50. The maximum atomic E-state index is 9.88. The minimum Gasteiger partial charge on any atom is -0.495 e. The number of hydrogen-bond acceptors (Lipinski definition) is 3. The van der Waals surface area contributed by atoms with Crippen LogP contribution in [0.15, 0.2) is 24.3 Å². The van der Waals surface area contributed by atoms with Gasteiger partial charge in [0.05, 0.1) is 24.9 Å². The van der Waals surface area contributed by atoms with Gasteiger partial charge in [0, 0.05) is 0 Å². The molecule has 0 amide bonds. The van der Waals surface area contributed by atoms with E-state index in [1.54, 1.807) is 7.11 Å². The lowest BCUT2D eigenvalue weighted by Gasteiger charge is -2.40. The molecule has 1 fully saturated rings. The molecule has 1 aromatic carbocycles. The molecule has 0 bridgehead atoms. The lowest BCUT2D eigenvalue weighted by molar-refractivity contribution is 0.148. The molecule has 3 nitrogen and oxygen atoms in total. The number of methoxy groups -OCH3 is 1. The topological polar surface area (TPSA) is 41.5 Å². The SMILES string of the molecule is CCCC1CCC(CO)(Nc2ccccc2OC)CC1. The lowest BCUT2D eigenvalue weighted by Crippen LogP contribution is -2.45. The van der Waals surface area contributed by atoms with Gasteiger partial charge < -0.3 is 15.2 Å². The summed E-state index contributed by atoms with van der Waals surface area (Å²) in [7, 11) is 1.68. The van der Waals surface area contributed by atoms with E-state index in [0.717, 1.165) is 30.2 Å². The zero-order chi connectivity index (χ0) is 14.4. The van der Waals surface area contributed by atoms with Crippen molar-refractivity contribution in [1.82, 2.24) is 0 Å². The van der Waals surface area contributed by atoms with Gasteiger partial charge in [0.1, 0.15) is 5.75 Å². The fraction of sp³-hybridized carbons (Fsp3) is 0.647. The first-order valence-corrected chi connectivity index (χ1v) is 7.75. The number of anilines is 1. The summed E-state index contributed by atoms with van der Waals surface area (Å²) < 4.78 is 5.39. The summed E-state index contributed by atoms with van der Waals surface area (Å²) in [5.41, 5.74) is 0.803. The van der Waals surface area contributed by atoms with Crippen molar-refractivity contribution in [2.24, 2.45) is 5.92 Å². The highest BCUT2D eigenvalue weighted by molar-refractivity contribution is 5.57. The summed E-state index contributed by atoms with van der Waals surface area (Å²) in [6, 6.07) is 7.94.